The Morgan fingerprint density at radius 3 is 2.27 bits per heavy atom. The highest BCUT2D eigenvalue weighted by molar-refractivity contribution is 5.65. The Morgan fingerprint density at radius 2 is 1.65 bits per heavy atom. The fourth-order valence-electron chi connectivity index (χ4n) is 4.10. The Kier molecular flexibility index (Phi) is 6.24. The average Bonchev–Trinajstić information content (AvgIpc) is 2.69. The van der Waals surface area contributed by atoms with Crippen molar-refractivity contribution < 1.29 is 8.78 Å². The van der Waals surface area contributed by atoms with Crippen molar-refractivity contribution in [3.8, 4) is 11.1 Å². The highest BCUT2D eigenvalue weighted by Gasteiger charge is 2.21. The van der Waals surface area contributed by atoms with Crippen molar-refractivity contribution in [1.82, 2.24) is 0 Å². The fourth-order valence-corrected chi connectivity index (χ4v) is 4.10. The van der Waals surface area contributed by atoms with E-state index in [1.807, 2.05) is 12.1 Å². The lowest BCUT2D eigenvalue weighted by Gasteiger charge is -2.28. The number of rotatable bonds is 6. The second-order valence-electron chi connectivity index (χ2n) is 7.48. The summed E-state index contributed by atoms with van der Waals surface area (Å²) in [7, 11) is 0. The molecule has 0 nitrogen and oxygen atoms in total. The van der Waals surface area contributed by atoms with Gasteiger partial charge in [-0.25, -0.2) is 8.78 Å². The van der Waals surface area contributed by atoms with Gasteiger partial charge >= 0.3 is 0 Å². The van der Waals surface area contributed by atoms with E-state index in [9.17, 15) is 8.78 Å². The molecule has 1 aliphatic carbocycles. The van der Waals surface area contributed by atoms with Crippen molar-refractivity contribution >= 4 is 0 Å². The normalized spacial score (nSPS) is 20.1. The van der Waals surface area contributed by atoms with Crippen LogP contribution in [0.25, 0.3) is 11.1 Å². The van der Waals surface area contributed by atoms with Gasteiger partial charge in [-0.1, -0.05) is 55.8 Å². The monoisotopic (exact) mass is 354 g/mol. The van der Waals surface area contributed by atoms with Crippen LogP contribution in [0.5, 0.6) is 0 Å². The van der Waals surface area contributed by atoms with Gasteiger partial charge in [0.2, 0.25) is 0 Å². The largest absolute Gasteiger partial charge is 0.203 e. The number of hydrogen-bond donors (Lipinski definition) is 0. The lowest BCUT2D eigenvalue weighted by atomic mass is 9.77. The van der Waals surface area contributed by atoms with E-state index in [4.69, 9.17) is 0 Å². The van der Waals surface area contributed by atoms with E-state index >= 15 is 0 Å². The Hall–Kier alpha value is -1.96. The SMILES string of the molecule is C=CCCc1ccc(-c2ccc(C3CCC(CC)CC3)cc2)c(F)c1F. The van der Waals surface area contributed by atoms with Gasteiger partial charge in [0.1, 0.15) is 0 Å². The zero-order chi connectivity index (χ0) is 18.5. The van der Waals surface area contributed by atoms with Crippen LogP contribution in [0, 0.1) is 17.6 Å². The van der Waals surface area contributed by atoms with Gasteiger partial charge in [0.05, 0.1) is 0 Å². The first-order valence-corrected chi connectivity index (χ1v) is 9.82. The van der Waals surface area contributed by atoms with E-state index < -0.39 is 11.6 Å². The predicted molar refractivity (Wildman–Crippen MR) is 105 cm³/mol. The number of allylic oxidation sites excluding steroid dienone is 1. The summed E-state index contributed by atoms with van der Waals surface area (Å²) in [4.78, 5) is 0. The summed E-state index contributed by atoms with van der Waals surface area (Å²) in [5.41, 5.74) is 2.82. The highest BCUT2D eigenvalue weighted by atomic mass is 19.2. The Morgan fingerprint density at radius 1 is 0.962 bits per heavy atom. The molecule has 2 aromatic carbocycles. The summed E-state index contributed by atoms with van der Waals surface area (Å²) in [6, 6.07) is 11.4. The average molecular weight is 354 g/mol. The topological polar surface area (TPSA) is 0 Å². The lowest BCUT2D eigenvalue weighted by Crippen LogP contribution is -2.12. The number of aryl methyl sites for hydroxylation is 1. The molecule has 2 aromatic rings. The molecule has 0 heterocycles. The molecule has 0 amide bonds. The summed E-state index contributed by atoms with van der Waals surface area (Å²) >= 11 is 0. The Balaban J connectivity index is 1.76. The molecule has 0 atom stereocenters. The first-order valence-electron chi connectivity index (χ1n) is 9.82. The highest BCUT2D eigenvalue weighted by Crippen LogP contribution is 2.37. The molecule has 2 heteroatoms. The van der Waals surface area contributed by atoms with E-state index in [2.05, 4.69) is 25.6 Å². The Labute approximate surface area is 156 Å². The van der Waals surface area contributed by atoms with Gasteiger partial charge in [-0.15, -0.1) is 6.58 Å². The first kappa shape index (κ1) is 18.8. The molecule has 0 radical (unpaired) electrons. The van der Waals surface area contributed by atoms with Crippen LogP contribution in [-0.4, -0.2) is 0 Å². The van der Waals surface area contributed by atoms with Gasteiger partial charge in [0.15, 0.2) is 11.6 Å². The third kappa shape index (κ3) is 4.06. The molecule has 0 unspecified atom stereocenters. The van der Waals surface area contributed by atoms with Crippen LogP contribution in [0.3, 0.4) is 0 Å². The molecule has 0 N–H and O–H groups in total. The molecule has 3 rings (SSSR count). The van der Waals surface area contributed by atoms with Crippen LogP contribution in [0.1, 0.15) is 62.5 Å². The molecule has 138 valence electrons. The minimum absolute atomic E-state index is 0.339. The molecular formula is C24H28F2. The quantitative estimate of drug-likeness (QED) is 0.473. The maximum absolute atomic E-state index is 14.5. The van der Waals surface area contributed by atoms with Crippen molar-refractivity contribution in [3.05, 3.63) is 71.8 Å². The van der Waals surface area contributed by atoms with Gasteiger partial charge in [-0.2, -0.15) is 0 Å². The summed E-state index contributed by atoms with van der Waals surface area (Å²) in [5.74, 6) is 0.00555. The van der Waals surface area contributed by atoms with Crippen molar-refractivity contribution in [2.24, 2.45) is 5.92 Å². The van der Waals surface area contributed by atoms with E-state index in [1.54, 1.807) is 18.2 Å². The van der Waals surface area contributed by atoms with E-state index in [1.165, 1.54) is 37.7 Å². The van der Waals surface area contributed by atoms with Crippen LogP contribution in [-0.2, 0) is 6.42 Å². The van der Waals surface area contributed by atoms with Gasteiger partial charge in [-0.05, 0) is 67.1 Å². The van der Waals surface area contributed by atoms with Gasteiger partial charge in [0, 0.05) is 5.56 Å². The van der Waals surface area contributed by atoms with Crippen LogP contribution in [0.4, 0.5) is 8.78 Å². The molecule has 1 saturated carbocycles. The van der Waals surface area contributed by atoms with Crippen molar-refractivity contribution in [2.75, 3.05) is 0 Å². The van der Waals surface area contributed by atoms with Crippen LogP contribution >= 0.6 is 0 Å². The smallest absolute Gasteiger partial charge is 0.166 e. The third-order valence-corrected chi connectivity index (χ3v) is 5.90. The van der Waals surface area contributed by atoms with E-state index in [-0.39, 0.29) is 0 Å². The number of hydrogen-bond acceptors (Lipinski definition) is 0. The summed E-state index contributed by atoms with van der Waals surface area (Å²) in [6.07, 6.45) is 9.19. The van der Waals surface area contributed by atoms with Gasteiger partial charge < -0.3 is 0 Å². The lowest BCUT2D eigenvalue weighted by molar-refractivity contribution is 0.319. The van der Waals surface area contributed by atoms with E-state index in [0.29, 0.717) is 29.9 Å². The molecule has 0 aromatic heterocycles. The molecule has 0 aliphatic heterocycles. The summed E-state index contributed by atoms with van der Waals surface area (Å²) in [5, 5.41) is 0. The minimum Gasteiger partial charge on any atom is -0.203 e. The summed E-state index contributed by atoms with van der Waals surface area (Å²) < 4.78 is 28.8. The minimum atomic E-state index is -0.747. The number of benzene rings is 2. The van der Waals surface area contributed by atoms with Gasteiger partial charge in [0.25, 0.3) is 0 Å². The fraction of sp³-hybridized carbons (Fsp3) is 0.417. The maximum Gasteiger partial charge on any atom is 0.166 e. The third-order valence-electron chi connectivity index (χ3n) is 5.90. The molecular weight excluding hydrogens is 326 g/mol. The van der Waals surface area contributed by atoms with Crippen LogP contribution < -0.4 is 0 Å². The van der Waals surface area contributed by atoms with E-state index in [0.717, 1.165) is 11.5 Å². The molecule has 0 spiro atoms. The standard InChI is InChI=1S/C24H28F2/c1-3-5-6-21-15-16-22(24(26)23(21)25)20-13-11-19(12-14-20)18-9-7-17(4-2)8-10-18/h3,11-18H,1,4-10H2,2H3. The number of halogens is 2. The predicted octanol–water partition coefficient (Wildman–Crippen LogP) is 7.43. The molecule has 0 bridgehead atoms. The van der Waals surface area contributed by atoms with Crippen molar-refractivity contribution in [3.63, 3.8) is 0 Å². The molecule has 1 aliphatic rings. The second kappa shape index (κ2) is 8.62. The molecule has 1 fully saturated rings. The van der Waals surface area contributed by atoms with Gasteiger partial charge in [-0.3, -0.25) is 0 Å². The summed E-state index contributed by atoms with van der Waals surface area (Å²) in [6.45, 7) is 5.91. The van der Waals surface area contributed by atoms with Crippen molar-refractivity contribution in [2.45, 2.75) is 57.8 Å². The Bertz CT molecular complexity index is 738. The zero-order valence-electron chi connectivity index (χ0n) is 15.6. The second-order valence-corrected chi connectivity index (χ2v) is 7.48. The van der Waals surface area contributed by atoms with Crippen molar-refractivity contribution in [1.29, 1.82) is 0 Å². The molecule has 0 saturated heterocycles. The first-order chi connectivity index (χ1) is 12.6. The van der Waals surface area contributed by atoms with Crippen LogP contribution in [0.15, 0.2) is 49.1 Å². The molecule has 26 heavy (non-hydrogen) atoms. The maximum atomic E-state index is 14.5. The van der Waals surface area contributed by atoms with Crippen LogP contribution in [0.2, 0.25) is 0 Å². The zero-order valence-corrected chi connectivity index (χ0v) is 15.6.